The Bertz CT molecular complexity index is 700. The number of imidazole rings is 1. The van der Waals surface area contributed by atoms with Crippen molar-refractivity contribution in [2.75, 3.05) is 0 Å². The summed E-state index contributed by atoms with van der Waals surface area (Å²) in [4.78, 5) is 25.0. The molecule has 0 radical (unpaired) electrons. The summed E-state index contributed by atoms with van der Waals surface area (Å²) in [6.07, 6.45) is 1.14. The van der Waals surface area contributed by atoms with Gasteiger partial charge in [-0.3, -0.25) is 9.36 Å². The van der Waals surface area contributed by atoms with Crippen LogP contribution in [0.4, 0.5) is 5.82 Å². The number of carboxylic acid groups (broad SMARTS) is 1. The Kier molecular flexibility index (Phi) is 3.26. The second-order valence-corrected chi connectivity index (χ2v) is 4.39. The van der Waals surface area contributed by atoms with E-state index in [1.165, 1.54) is 15.6 Å². The third-order valence-electron chi connectivity index (χ3n) is 3.03. The fourth-order valence-corrected chi connectivity index (χ4v) is 2.07. The molecule has 0 saturated carbocycles. The molecule has 0 aliphatic rings. The molecule has 0 aromatic carbocycles. The minimum atomic E-state index is -0.977. The predicted octanol–water partition coefficient (Wildman–Crippen LogP) is 0.758. The highest BCUT2D eigenvalue weighted by atomic mass is 16.6. The third-order valence-corrected chi connectivity index (χ3v) is 3.03. The number of hydrogen-bond donors (Lipinski definition) is 1. The van der Waals surface area contributed by atoms with Crippen LogP contribution in [-0.4, -0.2) is 35.3 Å². The van der Waals surface area contributed by atoms with E-state index in [1.807, 2.05) is 0 Å². The van der Waals surface area contributed by atoms with Gasteiger partial charge in [-0.05, 0) is 23.8 Å². The molecule has 0 fully saturated rings. The van der Waals surface area contributed by atoms with Gasteiger partial charge in [0.05, 0.1) is 12.1 Å². The summed E-state index contributed by atoms with van der Waals surface area (Å²) in [5, 5.41) is 24.1. The summed E-state index contributed by atoms with van der Waals surface area (Å²) in [5.41, 5.74) is 1.63. The zero-order valence-electron chi connectivity index (χ0n) is 11.2. The summed E-state index contributed by atoms with van der Waals surface area (Å²) >= 11 is 0. The van der Waals surface area contributed by atoms with E-state index in [0.717, 1.165) is 0 Å². The van der Waals surface area contributed by atoms with Crippen molar-refractivity contribution in [3.05, 3.63) is 33.4 Å². The maximum atomic E-state index is 11.0. The first-order chi connectivity index (χ1) is 9.32. The van der Waals surface area contributed by atoms with Gasteiger partial charge in [-0.2, -0.15) is 5.10 Å². The third kappa shape index (κ3) is 2.13. The zero-order valence-corrected chi connectivity index (χ0v) is 11.2. The molecular weight excluding hydrogens is 266 g/mol. The van der Waals surface area contributed by atoms with Crippen LogP contribution in [0.3, 0.4) is 0 Å². The van der Waals surface area contributed by atoms with Gasteiger partial charge in [0, 0.05) is 18.3 Å². The number of carboxylic acids is 1. The Morgan fingerprint density at radius 3 is 2.70 bits per heavy atom. The highest BCUT2D eigenvalue weighted by Crippen LogP contribution is 2.24. The van der Waals surface area contributed by atoms with E-state index in [0.29, 0.717) is 17.0 Å². The molecular formula is C11H13N5O4. The van der Waals surface area contributed by atoms with Gasteiger partial charge < -0.3 is 15.2 Å². The molecule has 2 heterocycles. The summed E-state index contributed by atoms with van der Waals surface area (Å²) < 4.78 is 2.83. The van der Waals surface area contributed by atoms with Crippen molar-refractivity contribution in [2.24, 2.45) is 7.05 Å². The molecule has 0 atom stereocenters. The number of hydrogen-bond acceptors (Lipinski definition) is 5. The standard InChI is InChI=1S/C11H13N5O4/c1-6-8(4-9(17)18)7(2)15(13-6)11-10(16(19)20)12-5-14(11)3/h5H,4H2,1-3H3,(H,17,18). The number of rotatable bonds is 4. The summed E-state index contributed by atoms with van der Waals surface area (Å²) in [5.74, 6) is -1.09. The van der Waals surface area contributed by atoms with Crippen molar-refractivity contribution < 1.29 is 14.8 Å². The monoisotopic (exact) mass is 279 g/mol. The van der Waals surface area contributed by atoms with Crippen LogP contribution in [0.2, 0.25) is 0 Å². The number of aryl methyl sites for hydroxylation is 2. The van der Waals surface area contributed by atoms with Crippen LogP contribution < -0.4 is 0 Å². The molecule has 106 valence electrons. The van der Waals surface area contributed by atoms with Crippen molar-refractivity contribution in [3.63, 3.8) is 0 Å². The maximum Gasteiger partial charge on any atom is 0.408 e. The second kappa shape index (κ2) is 4.76. The number of carbonyl (C=O) groups is 1. The van der Waals surface area contributed by atoms with Gasteiger partial charge in [0.25, 0.3) is 0 Å². The van der Waals surface area contributed by atoms with Crippen molar-refractivity contribution in [1.82, 2.24) is 19.3 Å². The molecule has 1 N–H and O–H groups in total. The van der Waals surface area contributed by atoms with E-state index in [4.69, 9.17) is 5.11 Å². The SMILES string of the molecule is Cc1nn(-c2c([N+](=O)[O-])ncn2C)c(C)c1CC(=O)O. The van der Waals surface area contributed by atoms with Crippen molar-refractivity contribution in [3.8, 4) is 5.82 Å². The van der Waals surface area contributed by atoms with Gasteiger partial charge in [-0.1, -0.05) is 0 Å². The van der Waals surface area contributed by atoms with E-state index >= 15 is 0 Å². The lowest BCUT2D eigenvalue weighted by Gasteiger charge is -2.04. The van der Waals surface area contributed by atoms with E-state index in [-0.39, 0.29) is 18.1 Å². The van der Waals surface area contributed by atoms with Gasteiger partial charge in [-0.25, -0.2) is 4.68 Å². The van der Waals surface area contributed by atoms with E-state index in [2.05, 4.69) is 10.1 Å². The van der Waals surface area contributed by atoms with Crippen LogP contribution in [0, 0.1) is 24.0 Å². The summed E-state index contributed by atoms with van der Waals surface area (Å²) in [7, 11) is 1.61. The quantitative estimate of drug-likeness (QED) is 0.652. The van der Waals surface area contributed by atoms with Gasteiger partial charge in [0.1, 0.15) is 0 Å². The molecule has 0 aliphatic heterocycles. The highest BCUT2D eigenvalue weighted by Gasteiger charge is 2.26. The van der Waals surface area contributed by atoms with Crippen molar-refractivity contribution in [1.29, 1.82) is 0 Å². The lowest BCUT2D eigenvalue weighted by Crippen LogP contribution is -2.08. The van der Waals surface area contributed by atoms with Crippen molar-refractivity contribution >= 4 is 11.8 Å². The normalized spacial score (nSPS) is 10.8. The molecule has 20 heavy (non-hydrogen) atoms. The lowest BCUT2D eigenvalue weighted by molar-refractivity contribution is -0.389. The molecule has 0 aliphatic carbocycles. The average molecular weight is 279 g/mol. The van der Waals surface area contributed by atoms with Crippen LogP contribution in [0.5, 0.6) is 0 Å². The smallest absolute Gasteiger partial charge is 0.408 e. The first-order valence-corrected chi connectivity index (χ1v) is 5.76. The fourth-order valence-electron chi connectivity index (χ4n) is 2.07. The molecule has 2 aromatic heterocycles. The molecule has 2 rings (SSSR count). The van der Waals surface area contributed by atoms with Crippen LogP contribution in [0.1, 0.15) is 17.0 Å². The Hall–Kier alpha value is -2.71. The van der Waals surface area contributed by atoms with Gasteiger partial charge in [-0.15, -0.1) is 0 Å². The van der Waals surface area contributed by atoms with Crippen LogP contribution in [0.15, 0.2) is 6.33 Å². The Morgan fingerprint density at radius 1 is 1.50 bits per heavy atom. The number of aromatic nitrogens is 4. The predicted molar refractivity (Wildman–Crippen MR) is 67.8 cm³/mol. The Balaban J connectivity index is 2.63. The Labute approximate surface area is 113 Å². The van der Waals surface area contributed by atoms with Crippen LogP contribution >= 0.6 is 0 Å². The van der Waals surface area contributed by atoms with E-state index < -0.39 is 10.9 Å². The molecule has 0 amide bonds. The molecule has 9 nitrogen and oxygen atoms in total. The summed E-state index contributed by atoms with van der Waals surface area (Å²) in [6, 6.07) is 0. The maximum absolute atomic E-state index is 11.0. The number of nitrogens with zero attached hydrogens (tertiary/aromatic N) is 5. The highest BCUT2D eigenvalue weighted by molar-refractivity contribution is 5.71. The van der Waals surface area contributed by atoms with E-state index in [1.54, 1.807) is 20.9 Å². The molecule has 0 unspecified atom stereocenters. The van der Waals surface area contributed by atoms with Crippen LogP contribution in [0.25, 0.3) is 5.82 Å². The first-order valence-electron chi connectivity index (χ1n) is 5.76. The first kappa shape index (κ1) is 13.7. The fraction of sp³-hybridized carbons (Fsp3) is 0.364. The van der Waals surface area contributed by atoms with Gasteiger partial charge in [0.2, 0.25) is 12.1 Å². The van der Waals surface area contributed by atoms with Gasteiger partial charge >= 0.3 is 11.8 Å². The molecule has 0 saturated heterocycles. The molecule has 0 bridgehead atoms. The Morgan fingerprint density at radius 2 is 2.15 bits per heavy atom. The number of aliphatic carboxylic acids is 1. The lowest BCUT2D eigenvalue weighted by atomic mass is 10.1. The zero-order chi connectivity index (χ0) is 15.0. The second-order valence-electron chi connectivity index (χ2n) is 4.39. The van der Waals surface area contributed by atoms with Gasteiger partial charge in [0.15, 0.2) is 0 Å². The molecule has 9 heteroatoms. The minimum absolute atomic E-state index is 0.177. The molecule has 2 aromatic rings. The van der Waals surface area contributed by atoms with E-state index in [9.17, 15) is 14.9 Å². The average Bonchev–Trinajstić information content (AvgIpc) is 2.84. The minimum Gasteiger partial charge on any atom is -0.481 e. The largest absolute Gasteiger partial charge is 0.481 e. The topological polar surface area (TPSA) is 116 Å². The number of nitro groups is 1. The van der Waals surface area contributed by atoms with Crippen molar-refractivity contribution in [2.45, 2.75) is 20.3 Å². The van der Waals surface area contributed by atoms with Crippen LogP contribution in [-0.2, 0) is 18.3 Å². The summed E-state index contributed by atoms with van der Waals surface area (Å²) in [6.45, 7) is 3.35. The molecule has 0 spiro atoms.